The molecule has 114 valence electrons. The Balaban J connectivity index is 2.08. The molecule has 24 heavy (non-hydrogen) atoms. The fraction of sp³-hybridized carbons (Fsp3) is 0.0909. The van der Waals surface area contributed by atoms with Crippen LogP contribution in [-0.2, 0) is 10.6 Å². The van der Waals surface area contributed by atoms with Crippen LogP contribution < -0.4 is 0 Å². The Bertz CT molecular complexity index is 1170. The molecular weight excluding hydrogens is 359 g/mol. The first kappa shape index (κ1) is 13.2. The molecule has 0 aromatic heterocycles. The second kappa shape index (κ2) is 4.49. The molecule has 0 radical (unpaired) electrons. The molecule has 1 aliphatic rings. The molecule has 0 saturated carbocycles. The van der Waals surface area contributed by atoms with Gasteiger partial charge in [0.25, 0.3) is 0 Å². The van der Waals surface area contributed by atoms with Crippen molar-refractivity contribution < 1.29 is 4.19 Å². The van der Waals surface area contributed by atoms with Gasteiger partial charge in [-0.2, -0.15) is 0 Å². The van der Waals surface area contributed by atoms with Crippen molar-refractivity contribution in [3.8, 4) is 0 Å². The van der Waals surface area contributed by atoms with E-state index in [1.54, 1.807) is 0 Å². The summed E-state index contributed by atoms with van der Waals surface area (Å²) in [7, 11) is 0. The molecule has 6 rings (SSSR count). The summed E-state index contributed by atoms with van der Waals surface area (Å²) in [5.41, 5.74) is 2.67. The van der Waals surface area contributed by atoms with E-state index in [9.17, 15) is 4.19 Å². The van der Waals surface area contributed by atoms with Crippen LogP contribution in [0.3, 0.4) is 0 Å². The zero-order chi connectivity index (χ0) is 15.8. The van der Waals surface area contributed by atoms with Gasteiger partial charge in [0.05, 0.1) is 0 Å². The summed E-state index contributed by atoms with van der Waals surface area (Å²) in [6.07, 6.45) is 0. The molecule has 0 bridgehead atoms. The van der Waals surface area contributed by atoms with Crippen LogP contribution in [0, 0.1) is 0 Å². The third-order valence-electron chi connectivity index (χ3n) is 5.45. The van der Waals surface area contributed by atoms with Crippen LogP contribution in [-0.4, -0.2) is 18.4 Å². The molecule has 0 amide bonds. The minimum absolute atomic E-state index is 0.859. The Morgan fingerprint density at radius 3 is 1.58 bits per heavy atom. The first-order valence-electron chi connectivity index (χ1n) is 8.28. The summed E-state index contributed by atoms with van der Waals surface area (Å²) < 4.78 is 10.7. The van der Waals surface area contributed by atoms with Gasteiger partial charge in [-0.1, -0.05) is 0 Å². The van der Waals surface area contributed by atoms with Crippen LogP contribution in [0.4, 0.5) is 0 Å². The van der Waals surface area contributed by atoms with Gasteiger partial charge >= 0.3 is 144 Å². The van der Waals surface area contributed by atoms with Gasteiger partial charge < -0.3 is 0 Å². The number of rotatable bonds is 0. The van der Waals surface area contributed by atoms with Gasteiger partial charge in [0.1, 0.15) is 0 Å². The van der Waals surface area contributed by atoms with E-state index >= 15 is 0 Å². The predicted molar refractivity (Wildman–Crippen MR) is 103 cm³/mol. The number of hydrogen-bond acceptors (Lipinski definition) is 1. The SMILES string of the molecule is O[Se+]1Cc2ccc3cccc4c5cccc6ccc(c(c2c34)c65)C1. The van der Waals surface area contributed by atoms with Crippen molar-refractivity contribution in [3.63, 3.8) is 0 Å². The van der Waals surface area contributed by atoms with E-state index in [0.29, 0.717) is 0 Å². The second-order valence-electron chi connectivity index (χ2n) is 6.76. The van der Waals surface area contributed by atoms with Crippen molar-refractivity contribution in [2.24, 2.45) is 0 Å². The molecule has 5 aromatic rings. The van der Waals surface area contributed by atoms with Gasteiger partial charge in [0.2, 0.25) is 0 Å². The average Bonchev–Trinajstić information content (AvgIpc) is 2.76. The Morgan fingerprint density at radius 1 is 0.583 bits per heavy atom. The van der Waals surface area contributed by atoms with Gasteiger partial charge in [-0.25, -0.2) is 0 Å². The van der Waals surface area contributed by atoms with Gasteiger partial charge in [-0.3, -0.25) is 0 Å². The van der Waals surface area contributed by atoms with Crippen molar-refractivity contribution in [2.45, 2.75) is 10.6 Å². The van der Waals surface area contributed by atoms with E-state index in [1.807, 2.05) is 0 Å². The fourth-order valence-electron chi connectivity index (χ4n) is 4.52. The van der Waals surface area contributed by atoms with E-state index in [0.717, 1.165) is 10.6 Å². The van der Waals surface area contributed by atoms with Crippen LogP contribution in [0.25, 0.3) is 43.1 Å². The maximum absolute atomic E-state index is 10.7. The molecule has 0 spiro atoms. The van der Waals surface area contributed by atoms with Crippen LogP contribution in [0.1, 0.15) is 11.1 Å². The molecule has 1 aliphatic heterocycles. The van der Waals surface area contributed by atoms with Gasteiger partial charge in [0.15, 0.2) is 0 Å². The van der Waals surface area contributed by atoms with Crippen molar-refractivity contribution in [1.29, 1.82) is 0 Å². The van der Waals surface area contributed by atoms with E-state index < -0.39 is 14.2 Å². The van der Waals surface area contributed by atoms with Gasteiger partial charge in [-0.05, 0) is 0 Å². The molecule has 0 atom stereocenters. The molecule has 1 heterocycles. The van der Waals surface area contributed by atoms with E-state index in [4.69, 9.17) is 0 Å². The molecule has 5 aromatic carbocycles. The Hall–Kier alpha value is -2.12. The fourth-order valence-corrected chi connectivity index (χ4v) is 7.25. The van der Waals surface area contributed by atoms with Crippen LogP contribution in [0.15, 0.2) is 60.7 Å². The summed E-state index contributed by atoms with van der Waals surface area (Å²) >= 11 is -1.61. The Morgan fingerprint density at radius 2 is 1.08 bits per heavy atom. The van der Waals surface area contributed by atoms with Crippen molar-refractivity contribution >= 4 is 57.3 Å². The van der Waals surface area contributed by atoms with Gasteiger partial charge in [-0.15, -0.1) is 0 Å². The third kappa shape index (κ3) is 1.54. The first-order chi connectivity index (χ1) is 11.8. The third-order valence-corrected chi connectivity index (χ3v) is 8.15. The number of fused-ring (bicyclic) bond motifs is 1. The number of hydrogen-bond donors (Lipinski definition) is 1. The van der Waals surface area contributed by atoms with Crippen LogP contribution in [0.5, 0.6) is 0 Å². The van der Waals surface area contributed by atoms with Gasteiger partial charge in [0, 0.05) is 0 Å². The van der Waals surface area contributed by atoms with E-state index in [-0.39, 0.29) is 0 Å². The standard InChI is InChI=1S/C22H15OSe/c23-24-11-15-9-7-13-3-1-5-17-18-6-2-4-14-8-10-16(12-24)22(20(14)18)21(15)19(13)17/h1-10,23H,11-12H2/q+1. The average molecular weight is 374 g/mol. The normalized spacial score (nSPS) is 15.2. The van der Waals surface area contributed by atoms with Crippen molar-refractivity contribution in [3.05, 3.63) is 71.8 Å². The zero-order valence-electron chi connectivity index (χ0n) is 13.0. The van der Waals surface area contributed by atoms with Crippen molar-refractivity contribution in [1.82, 2.24) is 0 Å². The monoisotopic (exact) mass is 375 g/mol. The predicted octanol–water partition coefficient (Wildman–Crippen LogP) is 4.90. The molecular formula is C22H15OSe+. The molecule has 0 saturated heterocycles. The summed E-state index contributed by atoms with van der Waals surface area (Å²) in [5, 5.41) is 12.6. The maximum atomic E-state index is 10.7. The second-order valence-corrected chi connectivity index (χ2v) is 9.91. The molecule has 0 aliphatic carbocycles. The Kier molecular flexibility index (Phi) is 2.47. The summed E-state index contributed by atoms with van der Waals surface area (Å²) in [5.74, 6) is 0. The van der Waals surface area contributed by atoms with E-state index in [2.05, 4.69) is 60.7 Å². The van der Waals surface area contributed by atoms with E-state index in [1.165, 1.54) is 54.2 Å². The topological polar surface area (TPSA) is 20.2 Å². The van der Waals surface area contributed by atoms with Crippen LogP contribution >= 0.6 is 0 Å². The molecule has 2 heteroatoms. The summed E-state index contributed by atoms with van der Waals surface area (Å²) in [4.78, 5) is 0. The summed E-state index contributed by atoms with van der Waals surface area (Å²) in [6.45, 7) is 0. The van der Waals surface area contributed by atoms with Crippen molar-refractivity contribution in [2.75, 3.05) is 0 Å². The summed E-state index contributed by atoms with van der Waals surface area (Å²) in [6, 6.07) is 22.2. The molecule has 1 nitrogen and oxygen atoms in total. The quantitative estimate of drug-likeness (QED) is 0.232. The minimum atomic E-state index is -1.61. The van der Waals surface area contributed by atoms with Crippen LogP contribution in [0.2, 0.25) is 0 Å². The molecule has 0 unspecified atom stereocenters. The first-order valence-corrected chi connectivity index (χ1v) is 11.5. The molecule has 0 fully saturated rings. The Labute approximate surface area is 144 Å². The zero-order valence-corrected chi connectivity index (χ0v) is 14.8. The number of benzene rings is 5. The molecule has 1 N–H and O–H groups in total.